The number of fused-ring (bicyclic) bond motifs is 1. The Morgan fingerprint density at radius 1 is 1.16 bits per heavy atom. The van der Waals surface area contributed by atoms with Crippen LogP contribution < -0.4 is 10.2 Å². The summed E-state index contributed by atoms with van der Waals surface area (Å²) >= 11 is 0. The molecule has 0 aliphatic carbocycles. The fourth-order valence-corrected chi connectivity index (χ4v) is 3.90. The van der Waals surface area contributed by atoms with Crippen LogP contribution in [0.5, 0.6) is 0 Å². The topological polar surface area (TPSA) is 62.8 Å². The maximum Gasteiger partial charge on any atom is 0.156 e. The van der Waals surface area contributed by atoms with Gasteiger partial charge in [0.1, 0.15) is 12.4 Å². The lowest BCUT2D eigenvalue weighted by atomic mass is 10.0. The van der Waals surface area contributed by atoms with Crippen molar-refractivity contribution >= 4 is 5.82 Å². The first-order valence-electron chi connectivity index (χ1n) is 9.59. The normalized spacial score (nSPS) is 22.4. The number of hydrogen-bond acceptors (Lipinski definition) is 7. The van der Waals surface area contributed by atoms with E-state index in [0.29, 0.717) is 19.3 Å². The number of ether oxygens (including phenoxy) is 2. The summed E-state index contributed by atoms with van der Waals surface area (Å²) in [6, 6.07) is 0.633. The largest absolute Gasteiger partial charge is 0.379 e. The van der Waals surface area contributed by atoms with E-state index in [1.807, 2.05) is 6.92 Å². The maximum atomic E-state index is 5.56. The molecule has 1 N–H and O–H groups in total. The van der Waals surface area contributed by atoms with Gasteiger partial charge in [0, 0.05) is 57.4 Å². The third-order valence-electron chi connectivity index (χ3n) is 5.37. The molecule has 0 amide bonds. The standard InChI is InChI=1S/C18H29N5O2/c1-2-24-13-17-20-16-4-6-19-5-3-15(16)18(21-17)23-11-14(12-23)22-7-9-25-10-8-22/h14,19H,2-13H2,1H3. The lowest BCUT2D eigenvalue weighted by molar-refractivity contribution is 0.0104. The minimum atomic E-state index is 0.505. The predicted octanol–water partition coefficient (Wildman–Crippen LogP) is 0.222. The molecule has 0 atom stereocenters. The molecule has 0 spiro atoms. The van der Waals surface area contributed by atoms with E-state index >= 15 is 0 Å². The second-order valence-corrected chi connectivity index (χ2v) is 6.98. The zero-order valence-corrected chi connectivity index (χ0v) is 15.2. The molecular formula is C18H29N5O2. The predicted molar refractivity (Wildman–Crippen MR) is 96.0 cm³/mol. The number of aromatic nitrogens is 2. The van der Waals surface area contributed by atoms with Crippen molar-refractivity contribution in [2.24, 2.45) is 0 Å². The van der Waals surface area contributed by atoms with E-state index in [0.717, 1.165) is 77.0 Å². The number of anilines is 1. The molecule has 2 saturated heterocycles. The van der Waals surface area contributed by atoms with Crippen molar-refractivity contribution in [1.82, 2.24) is 20.2 Å². The van der Waals surface area contributed by atoms with Crippen LogP contribution in [0.1, 0.15) is 24.0 Å². The third kappa shape index (κ3) is 3.79. The second kappa shape index (κ2) is 7.95. The Kier molecular flexibility index (Phi) is 5.45. The quantitative estimate of drug-likeness (QED) is 0.818. The monoisotopic (exact) mass is 347 g/mol. The zero-order valence-electron chi connectivity index (χ0n) is 15.2. The molecule has 7 nitrogen and oxygen atoms in total. The first-order chi connectivity index (χ1) is 12.3. The van der Waals surface area contributed by atoms with E-state index in [4.69, 9.17) is 19.4 Å². The molecule has 1 aromatic rings. The fourth-order valence-electron chi connectivity index (χ4n) is 3.90. The Balaban J connectivity index is 1.51. The third-order valence-corrected chi connectivity index (χ3v) is 5.37. The highest BCUT2D eigenvalue weighted by Crippen LogP contribution is 2.29. The number of rotatable bonds is 5. The van der Waals surface area contributed by atoms with E-state index in [-0.39, 0.29) is 0 Å². The molecule has 7 heteroatoms. The molecular weight excluding hydrogens is 318 g/mol. The molecule has 2 fully saturated rings. The number of hydrogen-bond donors (Lipinski definition) is 1. The molecule has 4 rings (SSSR count). The van der Waals surface area contributed by atoms with E-state index in [9.17, 15) is 0 Å². The summed E-state index contributed by atoms with van der Waals surface area (Å²) in [5.74, 6) is 1.97. The molecule has 138 valence electrons. The molecule has 4 heterocycles. The summed E-state index contributed by atoms with van der Waals surface area (Å²) < 4.78 is 11.0. The van der Waals surface area contributed by atoms with Gasteiger partial charge in [0.2, 0.25) is 0 Å². The van der Waals surface area contributed by atoms with Crippen molar-refractivity contribution in [1.29, 1.82) is 0 Å². The first-order valence-corrected chi connectivity index (χ1v) is 9.59. The summed E-state index contributed by atoms with van der Waals surface area (Å²) in [5, 5.41) is 3.48. The SMILES string of the molecule is CCOCc1nc2c(c(N3CC(N4CCOCC4)C3)n1)CCNCC2. The van der Waals surface area contributed by atoms with E-state index in [2.05, 4.69) is 15.1 Å². The average Bonchev–Trinajstić information content (AvgIpc) is 2.85. The van der Waals surface area contributed by atoms with Gasteiger partial charge >= 0.3 is 0 Å². The Morgan fingerprint density at radius 2 is 1.96 bits per heavy atom. The van der Waals surface area contributed by atoms with Gasteiger partial charge in [-0.05, 0) is 19.9 Å². The van der Waals surface area contributed by atoms with Gasteiger partial charge in [0.05, 0.1) is 18.9 Å². The van der Waals surface area contributed by atoms with Gasteiger partial charge in [-0.15, -0.1) is 0 Å². The van der Waals surface area contributed by atoms with Crippen molar-refractivity contribution < 1.29 is 9.47 Å². The second-order valence-electron chi connectivity index (χ2n) is 6.98. The highest BCUT2D eigenvalue weighted by Gasteiger charge is 2.35. The molecule has 0 bridgehead atoms. The molecule has 0 saturated carbocycles. The van der Waals surface area contributed by atoms with Crippen LogP contribution in [0.4, 0.5) is 5.82 Å². The van der Waals surface area contributed by atoms with E-state index in [1.165, 1.54) is 11.3 Å². The minimum absolute atomic E-state index is 0.505. The zero-order chi connectivity index (χ0) is 17.1. The van der Waals surface area contributed by atoms with Crippen LogP contribution in [-0.4, -0.2) is 80.0 Å². The van der Waals surface area contributed by atoms with Crippen molar-refractivity contribution in [2.75, 3.05) is 64.0 Å². The van der Waals surface area contributed by atoms with Crippen molar-refractivity contribution in [2.45, 2.75) is 32.4 Å². The van der Waals surface area contributed by atoms with Gasteiger partial charge in [-0.25, -0.2) is 9.97 Å². The van der Waals surface area contributed by atoms with Crippen molar-refractivity contribution in [3.63, 3.8) is 0 Å². The Morgan fingerprint density at radius 3 is 2.76 bits per heavy atom. The summed E-state index contributed by atoms with van der Waals surface area (Å²) in [6.45, 7) is 11.2. The van der Waals surface area contributed by atoms with Crippen LogP contribution in [0, 0.1) is 0 Å². The minimum Gasteiger partial charge on any atom is -0.379 e. The maximum absolute atomic E-state index is 5.56. The Hall–Kier alpha value is -1.28. The van der Waals surface area contributed by atoms with E-state index in [1.54, 1.807) is 0 Å². The highest BCUT2D eigenvalue weighted by molar-refractivity contribution is 5.52. The van der Waals surface area contributed by atoms with Crippen LogP contribution in [0.2, 0.25) is 0 Å². The molecule has 0 radical (unpaired) electrons. The molecule has 25 heavy (non-hydrogen) atoms. The smallest absolute Gasteiger partial charge is 0.156 e. The highest BCUT2D eigenvalue weighted by atomic mass is 16.5. The van der Waals surface area contributed by atoms with E-state index < -0.39 is 0 Å². The molecule has 0 unspecified atom stereocenters. The van der Waals surface area contributed by atoms with Gasteiger partial charge in [0.25, 0.3) is 0 Å². The lowest BCUT2D eigenvalue weighted by Gasteiger charge is -2.47. The molecule has 0 aromatic carbocycles. The fraction of sp³-hybridized carbons (Fsp3) is 0.778. The number of nitrogens with zero attached hydrogens (tertiary/aromatic N) is 4. The van der Waals surface area contributed by atoms with Crippen LogP contribution >= 0.6 is 0 Å². The van der Waals surface area contributed by atoms with Crippen LogP contribution in [0.3, 0.4) is 0 Å². The summed E-state index contributed by atoms with van der Waals surface area (Å²) in [5.41, 5.74) is 2.55. The molecule has 3 aliphatic heterocycles. The molecule has 3 aliphatic rings. The lowest BCUT2D eigenvalue weighted by Crippen LogP contribution is -2.62. The number of morpholine rings is 1. The van der Waals surface area contributed by atoms with Gasteiger partial charge in [-0.3, -0.25) is 4.90 Å². The summed E-state index contributed by atoms with van der Waals surface area (Å²) in [7, 11) is 0. The average molecular weight is 347 g/mol. The summed E-state index contributed by atoms with van der Waals surface area (Å²) in [6.07, 6.45) is 1.99. The van der Waals surface area contributed by atoms with Crippen molar-refractivity contribution in [3.05, 3.63) is 17.1 Å². The number of nitrogens with one attached hydrogen (secondary N) is 1. The Bertz CT molecular complexity index is 585. The van der Waals surface area contributed by atoms with Gasteiger partial charge < -0.3 is 19.7 Å². The van der Waals surface area contributed by atoms with Crippen LogP contribution in [0.25, 0.3) is 0 Å². The molecule has 1 aromatic heterocycles. The van der Waals surface area contributed by atoms with Gasteiger partial charge in [0.15, 0.2) is 5.82 Å². The van der Waals surface area contributed by atoms with Crippen LogP contribution in [0.15, 0.2) is 0 Å². The van der Waals surface area contributed by atoms with Gasteiger partial charge in [-0.2, -0.15) is 0 Å². The first kappa shape index (κ1) is 17.1. The summed E-state index contributed by atoms with van der Waals surface area (Å²) in [4.78, 5) is 14.7. The van der Waals surface area contributed by atoms with Crippen molar-refractivity contribution in [3.8, 4) is 0 Å². The van der Waals surface area contributed by atoms with Crippen LogP contribution in [-0.2, 0) is 28.9 Å². The Labute approximate surface area is 149 Å². The van der Waals surface area contributed by atoms with Gasteiger partial charge in [-0.1, -0.05) is 0 Å².